The van der Waals surface area contributed by atoms with Gasteiger partial charge in [0.1, 0.15) is 5.01 Å². The van der Waals surface area contributed by atoms with E-state index < -0.39 is 5.97 Å². The average molecular weight is 409 g/mol. The number of nitrogens with one attached hydrogen (secondary N) is 1. The Kier molecular flexibility index (Phi) is 5.90. The van der Waals surface area contributed by atoms with E-state index in [1.807, 2.05) is 0 Å². The van der Waals surface area contributed by atoms with Crippen LogP contribution in [0.1, 0.15) is 64.5 Å². The maximum absolute atomic E-state index is 12.3. The molecule has 5 nitrogen and oxygen atoms in total. The molecule has 1 aliphatic carbocycles. The minimum absolute atomic E-state index is 0.114. The highest BCUT2D eigenvalue weighted by Crippen LogP contribution is 2.35. The maximum Gasteiger partial charge on any atom is 0.335 e. The molecule has 0 atom stereocenters. The van der Waals surface area contributed by atoms with Crippen LogP contribution in [0.15, 0.2) is 42.5 Å². The van der Waals surface area contributed by atoms with Gasteiger partial charge in [0.2, 0.25) is 5.91 Å². The molecule has 2 N–H and O–H groups in total. The minimum Gasteiger partial charge on any atom is -0.478 e. The van der Waals surface area contributed by atoms with Gasteiger partial charge in [-0.05, 0) is 54.2 Å². The minimum atomic E-state index is -0.972. The first kappa shape index (κ1) is 19.6. The Hall–Kier alpha value is -2.73. The molecule has 1 amide bonds. The normalized spacial score (nSPS) is 14.8. The Morgan fingerprint density at radius 3 is 2.72 bits per heavy atom. The lowest BCUT2D eigenvalue weighted by Crippen LogP contribution is -2.24. The monoisotopic (exact) mass is 408 g/mol. The third-order valence-corrected chi connectivity index (χ3v) is 6.53. The second-order valence-corrected chi connectivity index (χ2v) is 8.74. The number of benzene rings is 2. The number of aromatic nitrogens is 1. The second kappa shape index (κ2) is 8.74. The molecular weight excluding hydrogens is 384 g/mol. The van der Waals surface area contributed by atoms with Crippen molar-refractivity contribution in [1.82, 2.24) is 10.3 Å². The molecule has 6 heteroatoms. The largest absolute Gasteiger partial charge is 0.478 e. The zero-order valence-corrected chi connectivity index (χ0v) is 17.0. The predicted octanol–water partition coefficient (Wildman–Crippen LogP) is 4.90. The molecule has 1 heterocycles. The number of amides is 1. The van der Waals surface area contributed by atoms with Crippen molar-refractivity contribution in [1.29, 1.82) is 0 Å². The highest BCUT2D eigenvalue weighted by molar-refractivity contribution is 7.18. The average Bonchev–Trinajstić information content (AvgIpc) is 3.14. The summed E-state index contributed by atoms with van der Waals surface area (Å²) in [6, 6.07) is 13.1. The molecule has 1 fully saturated rings. The first-order valence-electron chi connectivity index (χ1n) is 10.1. The van der Waals surface area contributed by atoms with Crippen LogP contribution in [-0.2, 0) is 17.8 Å². The van der Waals surface area contributed by atoms with E-state index in [-0.39, 0.29) is 17.9 Å². The van der Waals surface area contributed by atoms with Crippen molar-refractivity contribution in [2.75, 3.05) is 0 Å². The molecule has 4 rings (SSSR count). The summed E-state index contributed by atoms with van der Waals surface area (Å²) < 4.78 is 1.14. The van der Waals surface area contributed by atoms with Gasteiger partial charge in [-0.3, -0.25) is 4.79 Å². The van der Waals surface area contributed by atoms with Crippen molar-refractivity contribution >= 4 is 33.4 Å². The van der Waals surface area contributed by atoms with Crippen LogP contribution in [0.4, 0.5) is 0 Å². The van der Waals surface area contributed by atoms with Crippen LogP contribution >= 0.6 is 11.3 Å². The number of carboxylic acids is 1. The van der Waals surface area contributed by atoms with Crippen molar-refractivity contribution in [3.8, 4) is 0 Å². The van der Waals surface area contributed by atoms with Crippen LogP contribution in [0.5, 0.6) is 0 Å². The highest BCUT2D eigenvalue weighted by Gasteiger charge is 2.17. The summed E-state index contributed by atoms with van der Waals surface area (Å²) in [7, 11) is 0. The molecule has 1 saturated carbocycles. The van der Waals surface area contributed by atoms with Crippen LogP contribution in [0, 0.1) is 0 Å². The van der Waals surface area contributed by atoms with E-state index in [1.165, 1.54) is 43.7 Å². The van der Waals surface area contributed by atoms with Crippen molar-refractivity contribution in [2.24, 2.45) is 0 Å². The molecular formula is C23H24N2O3S. The van der Waals surface area contributed by atoms with E-state index >= 15 is 0 Å². The van der Waals surface area contributed by atoms with Crippen molar-refractivity contribution in [3.05, 3.63) is 64.2 Å². The van der Waals surface area contributed by atoms with Gasteiger partial charge in [0.05, 0.1) is 22.2 Å². The lowest BCUT2D eigenvalue weighted by atomic mass is 9.84. The zero-order chi connectivity index (χ0) is 20.2. The van der Waals surface area contributed by atoms with Gasteiger partial charge in [0, 0.05) is 6.54 Å². The lowest BCUT2D eigenvalue weighted by Gasteiger charge is -2.21. The molecule has 150 valence electrons. The highest BCUT2D eigenvalue weighted by atomic mass is 32.1. The molecule has 29 heavy (non-hydrogen) atoms. The van der Waals surface area contributed by atoms with Gasteiger partial charge in [-0.2, -0.15) is 0 Å². The SMILES string of the molecule is O=C(Cc1nc2ccc(C3CCCCC3)cc2s1)NCc1cccc(C(=O)O)c1. The number of rotatable bonds is 6. The molecule has 0 spiro atoms. The van der Waals surface area contributed by atoms with E-state index in [1.54, 1.807) is 29.5 Å². The molecule has 1 aromatic heterocycles. The second-order valence-electron chi connectivity index (χ2n) is 7.63. The van der Waals surface area contributed by atoms with Crippen molar-refractivity contribution < 1.29 is 14.7 Å². The fourth-order valence-electron chi connectivity index (χ4n) is 3.97. The molecule has 1 aliphatic rings. The van der Waals surface area contributed by atoms with Crippen LogP contribution in [0.3, 0.4) is 0 Å². The number of thiazole rings is 1. The first-order valence-corrected chi connectivity index (χ1v) is 10.9. The van der Waals surface area contributed by atoms with Crippen LogP contribution in [0.25, 0.3) is 10.2 Å². The fraction of sp³-hybridized carbons (Fsp3) is 0.348. The molecule has 0 unspecified atom stereocenters. The maximum atomic E-state index is 12.3. The zero-order valence-electron chi connectivity index (χ0n) is 16.2. The molecule has 2 aromatic carbocycles. The molecule has 0 saturated heterocycles. The van der Waals surface area contributed by atoms with Crippen molar-refractivity contribution in [3.63, 3.8) is 0 Å². The number of fused-ring (bicyclic) bond motifs is 1. The van der Waals surface area contributed by atoms with Gasteiger partial charge >= 0.3 is 5.97 Å². The van der Waals surface area contributed by atoms with Crippen LogP contribution in [-0.4, -0.2) is 22.0 Å². The van der Waals surface area contributed by atoms with E-state index in [9.17, 15) is 9.59 Å². The summed E-state index contributed by atoms with van der Waals surface area (Å²) in [4.78, 5) is 28.0. The van der Waals surface area contributed by atoms with Crippen LogP contribution < -0.4 is 5.32 Å². The number of hydrogen-bond acceptors (Lipinski definition) is 4. The number of nitrogens with zero attached hydrogens (tertiary/aromatic N) is 1. The van der Waals surface area contributed by atoms with E-state index in [4.69, 9.17) is 5.11 Å². The Labute approximate surface area is 173 Å². The summed E-state index contributed by atoms with van der Waals surface area (Å²) in [5.74, 6) is -0.430. The summed E-state index contributed by atoms with van der Waals surface area (Å²) in [6.07, 6.45) is 6.74. The summed E-state index contributed by atoms with van der Waals surface area (Å²) >= 11 is 1.58. The van der Waals surface area contributed by atoms with Gasteiger partial charge < -0.3 is 10.4 Å². The number of carbonyl (C=O) groups is 2. The molecule has 0 aliphatic heterocycles. The Morgan fingerprint density at radius 2 is 1.93 bits per heavy atom. The quantitative estimate of drug-likeness (QED) is 0.608. The van der Waals surface area contributed by atoms with E-state index in [2.05, 4.69) is 28.5 Å². The Bertz CT molecular complexity index is 1040. The van der Waals surface area contributed by atoms with Gasteiger partial charge in [-0.1, -0.05) is 37.5 Å². The molecule has 0 bridgehead atoms. The Balaban J connectivity index is 1.39. The van der Waals surface area contributed by atoms with Gasteiger partial charge in [0.15, 0.2) is 0 Å². The van der Waals surface area contributed by atoms with Gasteiger partial charge in [-0.25, -0.2) is 9.78 Å². The standard InChI is InChI=1S/C23H24N2O3S/c26-21(24-14-15-5-4-8-18(11-15)23(27)28)13-22-25-19-10-9-17(12-20(19)29-22)16-6-2-1-3-7-16/h4-5,8-12,16H,1-3,6-7,13-14H2,(H,24,26)(H,27,28). The summed E-state index contributed by atoms with van der Waals surface area (Å²) in [6.45, 7) is 0.302. The Morgan fingerprint density at radius 1 is 1.10 bits per heavy atom. The van der Waals surface area contributed by atoms with Gasteiger partial charge in [-0.15, -0.1) is 11.3 Å². The number of hydrogen-bond donors (Lipinski definition) is 2. The number of carbonyl (C=O) groups excluding carboxylic acids is 1. The fourth-order valence-corrected chi connectivity index (χ4v) is 4.98. The third kappa shape index (κ3) is 4.82. The predicted molar refractivity (Wildman–Crippen MR) is 114 cm³/mol. The topological polar surface area (TPSA) is 79.3 Å². The smallest absolute Gasteiger partial charge is 0.335 e. The number of aromatic carboxylic acids is 1. The molecule has 3 aromatic rings. The van der Waals surface area contributed by atoms with E-state index in [0.29, 0.717) is 12.5 Å². The van der Waals surface area contributed by atoms with E-state index in [0.717, 1.165) is 20.8 Å². The summed E-state index contributed by atoms with van der Waals surface area (Å²) in [5.41, 5.74) is 3.33. The van der Waals surface area contributed by atoms with Gasteiger partial charge in [0.25, 0.3) is 0 Å². The van der Waals surface area contributed by atoms with Crippen molar-refractivity contribution in [2.45, 2.75) is 51.0 Å². The molecule has 0 radical (unpaired) electrons. The summed E-state index contributed by atoms with van der Waals surface area (Å²) in [5, 5.41) is 12.7. The number of carboxylic acid groups (broad SMARTS) is 1. The first-order chi connectivity index (χ1) is 14.1. The van der Waals surface area contributed by atoms with Crippen LogP contribution in [0.2, 0.25) is 0 Å². The third-order valence-electron chi connectivity index (χ3n) is 5.51. The lowest BCUT2D eigenvalue weighted by molar-refractivity contribution is -0.120.